The minimum atomic E-state index is 0.559. The Morgan fingerprint density at radius 1 is 1.57 bits per heavy atom. The van der Waals surface area contributed by atoms with Crippen LogP contribution in [0.25, 0.3) is 0 Å². The van der Waals surface area contributed by atoms with Gasteiger partial charge >= 0.3 is 0 Å². The van der Waals surface area contributed by atoms with E-state index in [0.717, 1.165) is 12.1 Å². The molecule has 1 aliphatic rings. The highest BCUT2D eigenvalue weighted by atomic mass is 15.4. The Hall–Kier alpha value is -1.31. The van der Waals surface area contributed by atoms with Gasteiger partial charge in [0.1, 0.15) is 0 Å². The lowest BCUT2D eigenvalue weighted by atomic mass is 10.0. The van der Waals surface area contributed by atoms with E-state index in [1.54, 1.807) is 4.68 Å². The van der Waals surface area contributed by atoms with Crippen LogP contribution in [0.3, 0.4) is 0 Å². The molecule has 0 aromatic heterocycles. The SMILES string of the molecule is C=[N+](NC)C1=C/C(C)C/C=C/C(C)=C\1. The predicted octanol–water partition coefficient (Wildman–Crippen LogP) is 2.26. The molecule has 1 aliphatic carbocycles. The third-order valence-corrected chi connectivity index (χ3v) is 2.30. The summed E-state index contributed by atoms with van der Waals surface area (Å²) in [6, 6.07) is 0. The van der Waals surface area contributed by atoms with Crippen molar-refractivity contribution in [3.63, 3.8) is 0 Å². The summed E-state index contributed by atoms with van der Waals surface area (Å²) in [5, 5.41) is 0. The largest absolute Gasteiger partial charge is 0.231 e. The van der Waals surface area contributed by atoms with Crippen molar-refractivity contribution in [2.24, 2.45) is 5.92 Å². The molecule has 0 aliphatic heterocycles. The van der Waals surface area contributed by atoms with E-state index in [1.165, 1.54) is 5.57 Å². The van der Waals surface area contributed by atoms with E-state index in [0.29, 0.717) is 5.92 Å². The van der Waals surface area contributed by atoms with E-state index in [9.17, 15) is 0 Å². The summed E-state index contributed by atoms with van der Waals surface area (Å²) in [6.07, 6.45) is 9.84. The van der Waals surface area contributed by atoms with Crippen LogP contribution in [0.2, 0.25) is 0 Å². The molecule has 0 aromatic rings. The van der Waals surface area contributed by atoms with Gasteiger partial charge in [-0.25, -0.2) is 0 Å². The van der Waals surface area contributed by atoms with Crippen molar-refractivity contribution in [3.8, 4) is 0 Å². The standard InChI is InChI=1S/C12H19N2/c1-10-6-5-7-11(2)9-12(8-10)14(4)13-3/h5-6,8-9,11,13H,4,7H2,1-3H3/q+1/b6-5+,10-8-,12-9+. The molecule has 1 unspecified atom stereocenters. The Balaban J connectivity index is 2.98. The zero-order valence-corrected chi connectivity index (χ0v) is 9.25. The average molecular weight is 191 g/mol. The highest BCUT2D eigenvalue weighted by Crippen LogP contribution is 2.15. The second-order valence-electron chi connectivity index (χ2n) is 3.75. The van der Waals surface area contributed by atoms with Crippen LogP contribution in [0.4, 0.5) is 0 Å². The van der Waals surface area contributed by atoms with Gasteiger partial charge in [0.2, 0.25) is 5.70 Å². The van der Waals surface area contributed by atoms with Crippen molar-refractivity contribution in [2.45, 2.75) is 20.3 Å². The molecular weight excluding hydrogens is 172 g/mol. The van der Waals surface area contributed by atoms with Gasteiger partial charge in [-0.1, -0.05) is 23.8 Å². The van der Waals surface area contributed by atoms with E-state index in [1.807, 2.05) is 7.05 Å². The summed E-state index contributed by atoms with van der Waals surface area (Å²) in [4.78, 5) is 0. The molecule has 0 aromatic carbocycles. The number of hydrazine groups is 1. The molecule has 0 spiro atoms. The summed E-state index contributed by atoms with van der Waals surface area (Å²) >= 11 is 0. The predicted molar refractivity (Wildman–Crippen MR) is 61.2 cm³/mol. The smallest absolute Gasteiger partial charge is 0.196 e. The van der Waals surface area contributed by atoms with Gasteiger partial charge in [0.05, 0.1) is 7.05 Å². The minimum Gasteiger partial charge on any atom is -0.196 e. The fourth-order valence-electron chi connectivity index (χ4n) is 1.45. The van der Waals surface area contributed by atoms with E-state index >= 15 is 0 Å². The quantitative estimate of drug-likeness (QED) is 0.402. The number of hydrogen-bond donors (Lipinski definition) is 1. The highest BCUT2D eigenvalue weighted by molar-refractivity contribution is 5.29. The van der Waals surface area contributed by atoms with Gasteiger partial charge in [0, 0.05) is 6.08 Å². The molecule has 0 amide bonds. The summed E-state index contributed by atoms with van der Waals surface area (Å²) in [5.74, 6) is 0.559. The van der Waals surface area contributed by atoms with Crippen molar-refractivity contribution in [1.82, 2.24) is 5.43 Å². The second-order valence-corrected chi connectivity index (χ2v) is 3.75. The van der Waals surface area contributed by atoms with E-state index < -0.39 is 0 Å². The molecule has 14 heavy (non-hydrogen) atoms. The molecule has 2 nitrogen and oxygen atoms in total. The summed E-state index contributed by atoms with van der Waals surface area (Å²) in [6.45, 7) is 8.22. The van der Waals surface area contributed by atoms with E-state index in [4.69, 9.17) is 0 Å². The first kappa shape index (κ1) is 10.8. The molecule has 0 bridgehead atoms. The van der Waals surface area contributed by atoms with Crippen LogP contribution in [-0.4, -0.2) is 18.4 Å². The van der Waals surface area contributed by atoms with Crippen molar-refractivity contribution < 1.29 is 4.68 Å². The molecule has 2 heteroatoms. The molecule has 0 heterocycles. The highest BCUT2D eigenvalue weighted by Gasteiger charge is 2.10. The topological polar surface area (TPSA) is 15.0 Å². The summed E-state index contributed by atoms with van der Waals surface area (Å²) < 4.78 is 1.79. The molecule has 0 fully saturated rings. The van der Waals surface area contributed by atoms with Gasteiger partial charge in [0.15, 0.2) is 6.72 Å². The van der Waals surface area contributed by atoms with Gasteiger partial charge in [-0.2, -0.15) is 5.43 Å². The maximum Gasteiger partial charge on any atom is 0.231 e. The van der Waals surface area contributed by atoms with Crippen molar-refractivity contribution in [3.05, 3.63) is 35.6 Å². The van der Waals surface area contributed by atoms with Gasteiger partial charge < -0.3 is 0 Å². The van der Waals surface area contributed by atoms with Crippen LogP contribution in [0.15, 0.2) is 35.6 Å². The number of rotatable bonds is 2. The molecule has 76 valence electrons. The zero-order valence-electron chi connectivity index (χ0n) is 9.25. The van der Waals surface area contributed by atoms with Crippen molar-refractivity contribution in [1.29, 1.82) is 0 Å². The average Bonchev–Trinajstić information content (AvgIpc) is 2.13. The zero-order chi connectivity index (χ0) is 10.6. The first-order chi connectivity index (χ1) is 6.63. The van der Waals surface area contributed by atoms with Gasteiger partial charge in [-0.05, 0) is 30.9 Å². The van der Waals surface area contributed by atoms with Crippen LogP contribution in [0.1, 0.15) is 20.3 Å². The number of nitrogens with one attached hydrogen (secondary N) is 1. The van der Waals surface area contributed by atoms with Crippen LogP contribution >= 0.6 is 0 Å². The Bertz CT molecular complexity index is 308. The Morgan fingerprint density at radius 3 is 2.93 bits per heavy atom. The maximum absolute atomic E-state index is 3.91. The number of hydrazone groups is 1. The fourth-order valence-corrected chi connectivity index (χ4v) is 1.45. The summed E-state index contributed by atoms with van der Waals surface area (Å²) in [7, 11) is 1.87. The monoisotopic (exact) mass is 191 g/mol. The van der Waals surface area contributed by atoms with Gasteiger partial charge in [-0.3, -0.25) is 0 Å². The van der Waals surface area contributed by atoms with Crippen LogP contribution in [-0.2, 0) is 0 Å². The molecule has 0 saturated heterocycles. The number of hydrogen-bond acceptors (Lipinski definition) is 1. The molecule has 1 N–H and O–H groups in total. The van der Waals surface area contributed by atoms with Crippen LogP contribution in [0.5, 0.6) is 0 Å². The third-order valence-electron chi connectivity index (χ3n) is 2.30. The lowest BCUT2D eigenvalue weighted by Crippen LogP contribution is -2.22. The van der Waals surface area contributed by atoms with Gasteiger partial charge in [0.25, 0.3) is 0 Å². The maximum atomic E-state index is 3.91. The molecular formula is C12H19N2+. The molecule has 0 saturated carbocycles. The molecule has 0 radical (unpaired) electrons. The Morgan fingerprint density at radius 2 is 2.29 bits per heavy atom. The summed E-state index contributed by atoms with van der Waals surface area (Å²) in [5.41, 5.74) is 5.39. The normalized spacial score (nSPS) is 31.5. The van der Waals surface area contributed by atoms with E-state index in [-0.39, 0.29) is 0 Å². The first-order valence-corrected chi connectivity index (χ1v) is 4.98. The molecule has 1 rings (SSSR count). The lowest BCUT2D eigenvalue weighted by molar-refractivity contribution is -0.522. The van der Waals surface area contributed by atoms with Crippen LogP contribution in [0, 0.1) is 5.92 Å². The number of allylic oxidation sites excluding steroid dienone is 5. The van der Waals surface area contributed by atoms with Crippen molar-refractivity contribution in [2.75, 3.05) is 7.05 Å². The third kappa shape index (κ3) is 2.87. The van der Waals surface area contributed by atoms with Crippen molar-refractivity contribution >= 4 is 6.72 Å². The van der Waals surface area contributed by atoms with Gasteiger partial charge in [-0.15, -0.1) is 0 Å². The minimum absolute atomic E-state index is 0.559. The Labute approximate surface area is 86.3 Å². The first-order valence-electron chi connectivity index (χ1n) is 4.98. The molecule has 1 atom stereocenters. The lowest BCUT2D eigenvalue weighted by Gasteiger charge is -2.07. The Kier molecular flexibility index (Phi) is 3.69. The van der Waals surface area contributed by atoms with E-state index in [2.05, 4.69) is 50.3 Å². The van der Waals surface area contributed by atoms with Crippen LogP contribution < -0.4 is 5.43 Å². The number of nitrogens with zero attached hydrogens (tertiary/aromatic N) is 1. The second kappa shape index (κ2) is 4.80. The fraction of sp³-hybridized carbons (Fsp3) is 0.417.